The van der Waals surface area contributed by atoms with E-state index in [-0.39, 0.29) is 5.92 Å². The minimum absolute atomic E-state index is 0.0876. The molecule has 1 aliphatic carbocycles. The average Bonchev–Trinajstić information content (AvgIpc) is 2.27. The fraction of sp³-hybridized carbons (Fsp3) is 0.417. The molecule has 1 aromatic rings. The van der Waals surface area contributed by atoms with Crippen LogP contribution in [0.3, 0.4) is 0 Å². The summed E-state index contributed by atoms with van der Waals surface area (Å²) >= 11 is 0. The van der Waals surface area contributed by atoms with Gasteiger partial charge in [0.2, 0.25) is 0 Å². The molecule has 1 aromatic carbocycles. The van der Waals surface area contributed by atoms with Gasteiger partial charge in [-0.15, -0.1) is 0 Å². The first-order chi connectivity index (χ1) is 6.85. The van der Waals surface area contributed by atoms with Crippen LogP contribution in [-0.2, 0) is 6.42 Å². The van der Waals surface area contributed by atoms with Crippen molar-refractivity contribution in [3.63, 3.8) is 0 Å². The number of fused-ring (bicyclic) bond motifs is 1. The number of rotatable bonds is 1. The summed E-state index contributed by atoms with van der Waals surface area (Å²) in [7, 11) is 1.67. The Balaban J connectivity index is 2.42. The quantitative estimate of drug-likeness (QED) is 0.677. The van der Waals surface area contributed by atoms with Crippen molar-refractivity contribution in [2.45, 2.75) is 25.2 Å². The highest BCUT2D eigenvalue weighted by Crippen LogP contribution is 2.32. The molecule has 0 spiro atoms. The summed E-state index contributed by atoms with van der Waals surface area (Å²) in [6.07, 6.45) is 3.18. The molecule has 0 fully saturated rings. The Bertz CT molecular complexity index is 378. The highest BCUT2D eigenvalue weighted by atomic mass is 16.5. The van der Waals surface area contributed by atoms with E-state index in [2.05, 4.69) is 12.1 Å². The van der Waals surface area contributed by atoms with Gasteiger partial charge in [-0.2, -0.15) is 5.26 Å². The van der Waals surface area contributed by atoms with Crippen LogP contribution >= 0.6 is 0 Å². The molecule has 0 saturated carbocycles. The maximum Gasteiger partial charge on any atom is 0.119 e. The van der Waals surface area contributed by atoms with Crippen molar-refractivity contribution >= 4 is 0 Å². The Labute approximate surface area is 84.1 Å². The second-order valence-corrected chi connectivity index (χ2v) is 3.64. The van der Waals surface area contributed by atoms with E-state index in [9.17, 15) is 0 Å². The molecule has 0 N–H and O–H groups in total. The van der Waals surface area contributed by atoms with Gasteiger partial charge in [0.15, 0.2) is 0 Å². The molecule has 0 aliphatic heterocycles. The van der Waals surface area contributed by atoms with E-state index in [1.807, 2.05) is 12.1 Å². The Hall–Kier alpha value is -1.49. The molecule has 0 bridgehead atoms. The number of hydrogen-bond acceptors (Lipinski definition) is 2. The zero-order valence-electron chi connectivity index (χ0n) is 8.29. The number of benzene rings is 1. The van der Waals surface area contributed by atoms with Crippen LogP contribution in [-0.4, -0.2) is 7.11 Å². The second kappa shape index (κ2) is 3.71. The summed E-state index contributed by atoms with van der Waals surface area (Å²) in [6, 6.07) is 8.38. The predicted octanol–water partition coefficient (Wildman–Crippen LogP) is 2.64. The van der Waals surface area contributed by atoms with Crippen molar-refractivity contribution in [1.82, 2.24) is 0 Å². The van der Waals surface area contributed by atoms with Gasteiger partial charge in [-0.05, 0) is 42.5 Å². The lowest BCUT2D eigenvalue weighted by molar-refractivity contribution is 0.413. The summed E-state index contributed by atoms with van der Waals surface area (Å²) < 4.78 is 5.17. The number of aryl methyl sites for hydroxylation is 1. The lowest BCUT2D eigenvalue weighted by Gasteiger charge is -2.20. The summed E-state index contributed by atoms with van der Waals surface area (Å²) in [6.45, 7) is 0. The van der Waals surface area contributed by atoms with Gasteiger partial charge in [0, 0.05) is 0 Å². The molecule has 2 rings (SSSR count). The van der Waals surface area contributed by atoms with E-state index < -0.39 is 0 Å². The molecule has 72 valence electrons. The molecule has 1 atom stereocenters. The standard InChI is InChI=1S/C12H13NO/c1-14-11-5-6-12-9(7-11)3-2-4-10(12)8-13/h5-7,10H,2-4H2,1H3/t10-/m0/s1. The largest absolute Gasteiger partial charge is 0.497 e. The maximum atomic E-state index is 8.98. The van der Waals surface area contributed by atoms with Crippen molar-refractivity contribution in [3.8, 4) is 11.8 Å². The van der Waals surface area contributed by atoms with Crippen LogP contribution in [0.15, 0.2) is 18.2 Å². The fourth-order valence-corrected chi connectivity index (χ4v) is 2.05. The summed E-state index contributed by atoms with van der Waals surface area (Å²) in [5, 5.41) is 8.98. The number of ether oxygens (including phenoxy) is 1. The van der Waals surface area contributed by atoms with E-state index in [0.717, 1.165) is 25.0 Å². The zero-order chi connectivity index (χ0) is 9.97. The van der Waals surface area contributed by atoms with Crippen LogP contribution in [0.25, 0.3) is 0 Å². The molecule has 0 amide bonds. The molecule has 1 aliphatic rings. The second-order valence-electron chi connectivity index (χ2n) is 3.64. The molecule has 14 heavy (non-hydrogen) atoms. The highest BCUT2D eigenvalue weighted by molar-refractivity contribution is 5.41. The van der Waals surface area contributed by atoms with E-state index in [1.165, 1.54) is 11.1 Å². The van der Waals surface area contributed by atoms with Crippen LogP contribution in [0, 0.1) is 11.3 Å². The first-order valence-electron chi connectivity index (χ1n) is 4.91. The average molecular weight is 187 g/mol. The summed E-state index contributed by atoms with van der Waals surface area (Å²) in [5.41, 5.74) is 2.47. The molecule has 2 heteroatoms. The van der Waals surface area contributed by atoms with Gasteiger partial charge in [0.25, 0.3) is 0 Å². The Kier molecular flexibility index (Phi) is 2.41. The van der Waals surface area contributed by atoms with E-state index in [0.29, 0.717) is 0 Å². The topological polar surface area (TPSA) is 33.0 Å². The summed E-state index contributed by atoms with van der Waals surface area (Å²) in [4.78, 5) is 0. The molecule has 0 heterocycles. The lowest BCUT2D eigenvalue weighted by atomic mass is 9.84. The van der Waals surface area contributed by atoms with Gasteiger partial charge in [-0.25, -0.2) is 0 Å². The first kappa shape index (κ1) is 9.08. The van der Waals surface area contributed by atoms with Crippen molar-refractivity contribution in [3.05, 3.63) is 29.3 Å². The molecule has 0 radical (unpaired) electrons. The normalized spacial score (nSPS) is 19.6. The third kappa shape index (κ3) is 1.46. The van der Waals surface area contributed by atoms with Crippen LogP contribution < -0.4 is 4.74 Å². The monoisotopic (exact) mass is 187 g/mol. The van der Waals surface area contributed by atoms with Crippen molar-refractivity contribution in [2.24, 2.45) is 0 Å². The molecule has 0 aromatic heterocycles. The molecule has 0 unspecified atom stereocenters. The fourth-order valence-electron chi connectivity index (χ4n) is 2.05. The maximum absolute atomic E-state index is 8.98. The van der Waals surface area contributed by atoms with Gasteiger partial charge in [-0.3, -0.25) is 0 Å². The van der Waals surface area contributed by atoms with Gasteiger partial charge in [0.05, 0.1) is 19.1 Å². The molecular weight excluding hydrogens is 174 g/mol. The van der Waals surface area contributed by atoms with Gasteiger partial charge in [-0.1, -0.05) is 6.07 Å². The molecule has 0 saturated heterocycles. The van der Waals surface area contributed by atoms with Crippen LogP contribution in [0.1, 0.15) is 29.9 Å². The minimum Gasteiger partial charge on any atom is -0.497 e. The third-order valence-corrected chi connectivity index (χ3v) is 2.82. The first-order valence-corrected chi connectivity index (χ1v) is 4.91. The van der Waals surface area contributed by atoms with Crippen LogP contribution in [0.2, 0.25) is 0 Å². The Morgan fingerprint density at radius 3 is 3.07 bits per heavy atom. The number of hydrogen-bond donors (Lipinski definition) is 0. The predicted molar refractivity (Wildman–Crippen MR) is 54.3 cm³/mol. The zero-order valence-corrected chi connectivity index (χ0v) is 8.29. The molecular formula is C12H13NO. The van der Waals surface area contributed by atoms with Crippen molar-refractivity contribution in [2.75, 3.05) is 7.11 Å². The Morgan fingerprint density at radius 2 is 2.36 bits per heavy atom. The van der Waals surface area contributed by atoms with E-state index in [1.54, 1.807) is 7.11 Å². The van der Waals surface area contributed by atoms with E-state index in [4.69, 9.17) is 10.00 Å². The van der Waals surface area contributed by atoms with Crippen molar-refractivity contribution < 1.29 is 4.74 Å². The van der Waals surface area contributed by atoms with Crippen molar-refractivity contribution in [1.29, 1.82) is 5.26 Å². The van der Waals surface area contributed by atoms with Gasteiger partial charge < -0.3 is 4.74 Å². The third-order valence-electron chi connectivity index (χ3n) is 2.82. The van der Waals surface area contributed by atoms with Gasteiger partial charge in [0.1, 0.15) is 5.75 Å². The van der Waals surface area contributed by atoms with Crippen LogP contribution in [0.4, 0.5) is 0 Å². The lowest BCUT2D eigenvalue weighted by Crippen LogP contribution is -2.08. The number of nitrogens with zero attached hydrogens (tertiary/aromatic N) is 1. The summed E-state index contributed by atoms with van der Waals surface area (Å²) in [5.74, 6) is 0.979. The Morgan fingerprint density at radius 1 is 1.50 bits per heavy atom. The number of methoxy groups -OCH3 is 1. The number of nitriles is 1. The minimum atomic E-state index is 0.0876. The van der Waals surface area contributed by atoms with Crippen LogP contribution in [0.5, 0.6) is 5.75 Å². The van der Waals surface area contributed by atoms with Gasteiger partial charge >= 0.3 is 0 Å². The van der Waals surface area contributed by atoms with E-state index >= 15 is 0 Å². The highest BCUT2D eigenvalue weighted by Gasteiger charge is 2.19. The molecule has 2 nitrogen and oxygen atoms in total. The smallest absolute Gasteiger partial charge is 0.119 e. The SMILES string of the molecule is COc1ccc2c(c1)CCC[C@H]2C#N.